The summed E-state index contributed by atoms with van der Waals surface area (Å²) in [5, 5.41) is 12.7. The number of phenols is 1. The molecule has 0 unspecified atom stereocenters. The van der Waals surface area contributed by atoms with E-state index in [9.17, 15) is 14.7 Å². The molecule has 0 aliphatic rings. The first-order valence-corrected chi connectivity index (χ1v) is 10.2. The molecule has 0 bridgehead atoms. The lowest BCUT2D eigenvalue weighted by atomic mass is 10.1. The highest BCUT2D eigenvalue weighted by Crippen LogP contribution is 2.26. The van der Waals surface area contributed by atoms with E-state index in [4.69, 9.17) is 16.3 Å². The van der Waals surface area contributed by atoms with Crippen molar-refractivity contribution < 1.29 is 14.6 Å². The number of nitrogens with one attached hydrogen (secondary N) is 1. The minimum absolute atomic E-state index is 0.0657. The zero-order valence-corrected chi connectivity index (χ0v) is 18.3. The maximum atomic E-state index is 13.2. The second-order valence-electron chi connectivity index (χ2n) is 7.28. The molecule has 2 N–H and O–H groups in total. The van der Waals surface area contributed by atoms with Crippen molar-refractivity contribution in [3.63, 3.8) is 0 Å². The fourth-order valence-electron chi connectivity index (χ4n) is 3.55. The van der Waals surface area contributed by atoms with Crippen LogP contribution >= 0.6 is 11.6 Å². The Kier molecular flexibility index (Phi) is 5.87. The number of rotatable bonds is 6. The third-order valence-corrected chi connectivity index (χ3v) is 5.52. The quantitative estimate of drug-likeness (QED) is 0.465. The number of halogens is 1. The van der Waals surface area contributed by atoms with E-state index in [1.165, 1.54) is 29.1 Å². The number of aromatic nitrogens is 3. The van der Waals surface area contributed by atoms with Crippen molar-refractivity contribution in [1.82, 2.24) is 14.1 Å². The van der Waals surface area contributed by atoms with E-state index in [1.54, 1.807) is 24.9 Å². The molecule has 0 aliphatic heterocycles. The van der Waals surface area contributed by atoms with Crippen LogP contribution < -0.4 is 15.6 Å². The van der Waals surface area contributed by atoms with Crippen LogP contribution in [0.3, 0.4) is 0 Å². The molecular weight excluding hydrogens is 432 g/mol. The highest BCUT2D eigenvalue weighted by atomic mass is 35.5. The molecular formula is C23H21ClN4O4. The van der Waals surface area contributed by atoms with E-state index in [0.717, 1.165) is 11.3 Å². The molecule has 0 fully saturated rings. The van der Waals surface area contributed by atoms with Crippen molar-refractivity contribution in [3.05, 3.63) is 81.5 Å². The average Bonchev–Trinajstić information content (AvgIpc) is 3.11. The third-order valence-electron chi connectivity index (χ3n) is 5.22. The van der Waals surface area contributed by atoms with Gasteiger partial charge in [0.25, 0.3) is 11.5 Å². The summed E-state index contributed by atoms with van der Waals surface area (Å²) in [5.41, 5.74) is 1.78. The van der Waals surface area contributed by atoms with Crippen molar-refractivity contribution in [3.8, 4) is 11.5 Å². The van der Waals surface area contributed by atoms with Crippen LogP contribution in [-0.2, 0) is 20.0 Å². The Morgan fingerprint density at radius 2 is 2.03 bits per heavy atom. The van der Waals surface area contributed by atoms with Gasteiger partial charge in [0.2, 0.25) is 0 Å². The topological polar surface area (TPSA) is 98.4 Å². The normalized spacial score (nSPS) is 11.0. The van der Waals surface area contributed by atoms with Crippen LogP contribution in [0.5, 0.6) is 11.5 Å². The third kappa shape index (κ3) is 4.04. The van der Waals surface area contributed by atoms with E-state index < -0.39 is 5.91 Å². The standard InChI is InChI=1S/C23H21ClN4O4/c1-27-12-17(26-22(30)15-7-8-18(29)16(24)11-15)20-21(27)25-13-28(23(20)31)10-9-14-5-3-4-6-19(14)32-2/h3-8,11-13,29H,9-10H2,1-2H3,(H,26,30). The lowest BCUT2D eigenvalue weighted by Crippen LogP contribution is -2.23. The highest BCUT2D eigenvalue weighted by Gasteiger charge is 2.17. The van der Waals surface area contributed by atoms with Gasteiger partial charge in [-0.2, -0.15) is 0 Å². The number of methoxy groups -OCH3 is 1. The zero-order valence-electron chi connectivity index (χ0n) is 17.5. The van der Waals surface area contributed by atoms with Crippen molar-refractivity contribution in [2.45, 2.75) is 13.0 Å². The number of hydrogen-bond donors (Lipinski definition) is 2. The van der Waals surface area contributed by atoms with Gasteiger partial charge in [0, 0.05) is 25.4 Å². The molecule has 9 heteroatoms. The van der Waals surface area contributed by atoms with Crippen LogP contribution in [0.2, 0.25) is 5.02 Å². The van der Waals surface area contributed by atoms with Crippen molar-refractivity contribution in [2.24, 2.45) is 7.05 Å². The van der Waals surface area contributed by atoms with Gasteiger partial charge in [-0.15, -0.1) is 0 Å². The molecule has 1 amide bonds. The van der Waals surface area contributed by atoms with E-state index in [-0.39, 0.29) is 21.9 Å². The summed E-state index contributed by atoms with van der Waals surface area (Å²) in [4.78, 5) is 30.3. The SMILES string of the molecule is COc1ccccc1CCn1cnc2c(c(NC(=O)c3ccc(O)c(Cl)c3)cn2C)c1=O. The summed E-state index contributed by atoms with van der Waals surface area (Å²) in [5.74, 6) is 0.188. The fourth-order valence-corrected chi connectivity index (χ4v) is 3.73. The number of carbonyl (C=O) groups excluding carboxylic acids is 1. The Morgan fingerprint density at radius 3 is 2.78 bits per heavy atom. The lowest BCUT2D eigenvalue weighted by molar-refractivity contribution is 0.102. The predicted octanol–water partition coefficient (Wildman–Crippen LogP) is 3.60. The Balaban J connectivity index is 1.65. The number of anilines is 1. The number of aromatic hydroxyl groups is 1. The van der Waals surface area contributed by atoms with E-state index >= 15 is 0 Å². The van der Waals surface area contributed by atoms with Crippen LogP contribution in [-0.4, -0.2) is 32.2 Å². The van der Waals surface area contributed by atoms with Crippen LogP contribution in [0.1, 0.15) is 15.9 Å². The number of hydrogen-bond acceptors (Lipinski definition) is 5. The van der Waals surface area contributed by atoms with Gasteiger partial charge in [0.1, 0.15) is 22.5 Å². The number of para-hydroxylation sites is 1. The Bertz CT molecular complexity index is 1380. The highest BCUT2D eigenvalue weighted by molar-refractivity contribution is 6.32. The number of benzene rings is 2. The van der Waals surface area contributed by atoms with Gasteiger partial charge in [0.05, 0.1) is 24.1 Å². The van der Waals surface area contributed by atoms with Crippen LogP contribution in [0.15, 0.2) is 59.8 Å². The molecule has 2 aromatic heterocycles. The van der Waals surface area contributed by atoms with Gasteiger partial charge in [-0.25, -0.2) is 4.98 Å². The van der Waals surface area contributed by atoms with Crippen molar-refractivity contribution in [2.75, 3.05) is 12.4 Å². The summed E-state index contributed by atoms with van der Waals surface area (Å²) in [6.07, 6.45) is 3.73. The molecule has 4 aromatic rings. The molecule has 164 valence electrons. The molecule has 0 saturated heterocycles. The zero-order chi connectivity index (χ0) is 22.8. The molecule has 0 spiro atoms. The minimum atomic E-state index is -0.455. The van der Waals surface area contributed by atoms with Gasteiger partial charge < -0.3 is 19.7 Å². The smallest absolute Gasteiger partial charge is 0.264 e. The summed E-state index contributed by atoms with van der Waals surface area (Å²) < 4.78 is 8.58. The van der Waals surface area contributed by atoms with Crippen LogP contribution in [0.25, 0.3) is 11.0 Å². The number of carbonyl (C=O) groups is 1. The van der Waals surface area contributed by atoms with Gasteiger partial charge in [-0.3, -0.25) is 14.2 Å². The second-order valence-corrected chi connectivity index (χ2v) is 7.68. The van der Waals surface area contributed by atoms with E-state index in [0.29, 0.717) is 29.7 Å². The maximum Gasteiger partial charge on any atom is 0.264 e. The van der Waals surface area contributed by atoms with Crippen LogP contribution in [0.4, 0.5) is 5.69 Å². The summed E-state index contributed by atoms with van der Waals surface area (Å²) >= 11 is 5.91. The van der Waals surface area contributed by atoms with Gasteiger partial charge in [-0.1, -0.05) is 29.8 Å². The second kappa shape index (κ2) is 8.76. The first kappa shape index (κ1) is 21.5. The molecule has 8 nitrogen and oxygen atoms in total. The van der Waals surface area contributed by atoms with Gasteiger partial charge >= 0.3 is 0 Å². The largest absolute Gasteiger partial charge is 0.506 e. The summed E-state index contributed by atoms with van der Waals surface area (Å²) in [6, 6.07) is 11.8. The Hall–Kier alpha value is -3.78. The minimum Gasteiger partial charge on any atom is -0.506 e. The van der Waals surface area contributed by atoms with Crippen LogP contribution in [0, 0.1) is 0 Å². The monoisotopic (exact) mass is 452 g/mol. The number of phenolic OH excluding ortho intramolecular Hbond substituents is 1. The number of fused-ring (bicyclic) bond motifs is 1. The molecule has 0 saturated carbocycles. The summed E-state index contributed by atoms with van der Waals surface area (Å²) in [7, 11) is 3.36. The van der Waals surface area contributed by atoms with Gasteiger partial charge in [-0.05, 0) is 36.2 Å². The first-order valence-electron chi connectivity index (χ1n) is 9.85. The Labute approximate surface area is 188 Å². The predicted molar refractivity (Wildman–Crippen MR) is 123 cm³/mol. The van der Waals surface area contributed by atoms with Gasteiger partial charge in [0.15, 0.2) is 0 Å². The molecule has 2 aromatic carbocycles. The van der Waals surface area contributed by atoms with E-state index in [1.807, 2.05) is 24.3 Å². The van der Waals surface area contributed by atoms with E-state index in [2.05, 4.69) is 10.3 Å². The van der Waals surface area contributed by atoms with Crippen molar-refractivity contribution >= 4 is 34.2 Å². The number of ether oxygens (including phenoxy) is 1. The molecule has 4 rings (SSSR count). The number of amides is 1. The lowest BCUT2D eigenvalue weighted by Gasteiger charge is -2.10. The van der Waals surface area contributed by atoms with Crippen molar-refractivity contribution in [1.29, 1.82) is 0 Å². The molecule has 0 radical (unpaired) electrons. The molecule has 2 heterocycles. The summed E-state index contributed by atoms with van der Waals surface area (Å²) in [6.45, 7) is 0.401. The average molecular weight is 453 g/mol. The first-order chi connectivity index (χ1) is 15.4. The molecule has 0 aliphatic carbocycles. The number of nitrogens with zero attached hydrogens (tertiary/aromatic N) is 3. The Morgan fingerprint density at radius 1 is 1.25 bits per heavy atom. The maximum absolute atomic E-state index is 13.2. The molecule has 0 atom stereocenters. The number of aryl methyl sites for hydroxylation is 3. The molecule has 32 heavy (non-hydrogen) atoms. The fraction of sp³-hybridized carbons (Fsp3) is 0.174.